The molecule has 0 saturated carbocycles. The van der Waals surface area contributed by atoms with E-state index in [-0.39, 0.29) is 5.56 Å². The van der Waals surface area contributed by atoms with E-state index in [9.17, 15) is 23.9 Å². The number of aliphatic hydroxyl groups is 1. The van der Waals surface area contributed by atoms with Crippen molar-refractivity contribution in [3.05, 3.63) is 41.7 Å². The Kier molecular flexibility index (Phi) is 4.70. The van der Waals surface area contributed by atoms with E-state index in [0.29, 0.717) is 6.08 Å². The van der Waals surface area contributed by atoms with Crippen LogP contribution in [0.3, 0.4) is 0 Å². The van der Waals surface area contributed by atoms with E-state index < -0.39 is 35.0 Å². The minimum Gasteiger partial charge on any atom is -0.507 e. The molecular formula is C13H9FN2O4. The lowest BCUT2D eigenvalue weighted by molar-refractivity contribution is -0.138. The molecule has 1 rings (SSSR count). The van der Waals surface area contributed by atoms with Crippen molar-refractivity contribution in [1.29, 1.82) is 5.26 Å². The Morgan fingerprint density at radius 3 is 2.30 bits per heavy atom. The van der Waals surface area contributed by atoms with Crippen molar-refractivity contribution in [2.24, 2.45) is 11.7 Å². The van der Waals surface area contributed by atoms with Crippen LogP contribution in [0.2, 0.25) is 0 Å². The number of rotatable bonds is 5. The number of nitrogens with zero attached hydrogens (tertiary/aromatic N) is 1. The van der Waals surface area contributed by atoms with Gasteiger partial charge in [0.2, 0.25) is 17.5 Å². The van der Waals surface area contributed by atoms with Crippen LogP contribution >= 0.6 is 0 Å². The SMILES string of the molecule is N#CC(C(N)=O)C(=O)C(=O)C=C(O)c1ccc(F)cc1. The highest BCUT2D eigenvalue weighted by molar-refractivity contribution is 6.46. The molecule has 0 aromatic heterocycles. The first-order chi connectivity index (χ1) is 9.36. The average molecular weight is 276 g/mol. The van der Waals surface area contributed by atoms with E-state index in [1.807, 2.05) is 0 Å². The zero-order valence-corrected chi connectivity index (χ0v) is 10.0. The second-order valence-corrected chi connectivity index (χ2v) is 3.73. The molecule has 1 amide bonds. The zero-order valence-electron chi connectivity index (χ0n) is 10.0. The van der Waals surface area contributed by atoms with Gasteiger partial charge in [-0.25, -0.2) is 4.39 Å². The Morgan fingerprint density at radius 1 is 1.30 bits per heavy atom. The molecular weight excluding hydrogens is 267 g/mol. The zero-order chi connectivity index (χ0) is 15.3. The highest BCUT2D eigenvalue weighted by atomic mass is 19.1. The Labute approximate surface area is 112 Å². The molecule has 102 valence electrons. The van der Waals surface area contributed by atoms with Crippen LogP contribution < -0.4 is 5.73 Å². The van der Waals surface area contributed by atoms with Gasteiger partial charge in [-0.05, 0) is 24.3 Å². The number of hydrogen-bond donors (Lipinski definition) is 2. The van der Waals surface area contributed by atoms with Gasteiger partial charge in [0.15, 0.2) is 5.92 Å². The molecule has 0 bridgehead atoms. The van der Waals surface area contributed by atoms with Crippen LogP contribution in [0, 0.1) is 23.1 Å². The standard InChI is InChI=1S/C13H9FN2O4/c14-8-3-1-7(2-4-8)10(17)5-11(18)12(19)9(6-15)13(16)20/h1-5,9,17H,(H2,16,20). The number of halogens is 1. The largest absolute Gasteiger partial charge is 0.507 e. The van der Waals surface area contributed by atoms with Gasteiger partial charge in [0.25, 0.3) is 0 Å². The predicted octanol–water partition coefficient (Wildman–Crippen LogP) is 0.488. The summed E-state index contributed by atoms with van der Waals surface area (Å²) in [4.78, 5) is 33.7. The van der Waals surface area contributed by atoms with Crippen molar-refractivity contribution in [1.82, 2.24) is 0 Å². The van der Waals surface area contributed by atoms with Crippen molar-refractivity contribution in [3.63, 3.8) is 0 Å². The Hall–Kier alpha value is -3.01. The molecule has 7 heteroatoms. The molecule has 3 N–H and O–H groups in total. The predicted molar refractivity (Wildman–Crippen MR) is 65.3 cm³/mol. The summed E-state index contributed by atoms with van der Waals surface area (Å²) in [6, 6.07) is 5.77. The summed E-state index contributed by atoms with van der Waals surface area (Å²) in [5.41, 5.74) is 4.88. The fourth-order valence-electron chi connectivity index (χ4n) is 1.29. The second-order valence-electron chi connectivity index (χ2n) is 3.73. The van der Waals surface area contributed by atoms with Crippen molar-refractivity contribution in [2.45, 2.75) is 0 Å². The van der Waals surface area contributed by atoms with Crippen molar-refractivity contribution < 1.29 is 23.9 Å². The van der Waals surface area contributed by atoms with Crippen LogP contribution in [0.4, 0.5) is 4.39 Å². The van der Waals surface area contributed by atoms with Gasteiger partial charge in [0, 0.05) is 11.6 Å². The van der Waals surface area contributed by atoms with Gasteiger partial charge >= 0.3 is 0 Å². The monoisotopic (exact) mass is 276 g/mol. The van der Waals surface area contributed by atoms with Gasteiger partial charge in [0.1, 0.15) is 11.6 Å². The van der Waals surface area contributed by atoms with E-state index in [0.717, 1.165) is 12.1 Å². The van der Waals surface area contributed by atoms with E-state index in [4.69, 9.17) is 11.0 Å². The molecule has 0 spiro atoms. The third-order valence-electron chi connectivity index (χ3n) is 2.33. The Balaban J connectivity index is 2.96. The maximum Gasteiger partial charge on any atom is 0.242 e. The molecule has 1 aromatic rings. The first kappa shape index (κ1) is 15.0. The summed E-state index contributed by atoms with van der Waals surface area (Å²) in [6.07, 6.45) is 0.544. The quantitative estimate of drug-likeness (QED) is 0.351. The lowest BCUT2D eigenvalue weighted by Crippen LogP contribution is -2.33. The van der Waals surface area contributed by atoms with E-state index in [2.05, 4.69) is 0 Å². The summed E-state index contributed by atoms with van der Waals surface area (Å²) >= 11 is 0. The van der Waals surface area contributed by atoms with Crippen LogP contribution in [0.25, 0.3) is 5.76 Å². The molecule has 1 unspecified atom stereocenters. The maximum absolute atomic E-state index is 12.7. The maximum atomic E-state index is 12.7. The third kappa shape index (κ3) is 3.49. The number of ketones is 2. The smallest absolute Gasteiger partial charge is 0.242 e. The summed E-state index contributed by atoms with van der Waals surface area (Å²) < 4.78 is 12.7. The molecule has 1 aromatic carbocycles. The van der Waals surface area contributed by atoms with Gasteiger partial charge in [-0.2, -0.15) is 5.26 Å². The number of primary amides is 1. The van der Waals surface area contributed by atoms with Gasteiger partial charge < -0.3 is 10.8 Å². The first-order valence-corrected chi connectivity index (χ1v) is 5.30. The third-order valence-corrected chi connectivity index (χ3v) is 2.33. The Bertz CT molecular complexity index is 629. The number of nitriles is 1. The molecule has 1 atom stereocenters. The number of carbonyl (C=O) groups excluding carboxylic acids is 3. The number of nitrogens with two attached hydrogens (primary N) is 1. The van der Waals surface area contributed by atoms with E-state index in [1.54, 1.807) is 0 Å². The van der Waals surface area contributed by atoms with Gasteiger partial charge in [-0.15, -0.1) is 0 Å². The highest BCUT2D eigenvalue weighted by Crippen LogP contribution is 2.12. The fraction of sp³-hybridized carbons (Fsp3) is 0.0769. The molecule has 6 nitrogen and oxygen atoms in total. The number of benzene rings is 1. The topological polar surface area (TPSA) is 121 Å². The van der Waals surface area contributed by atoms with E-state index in [1.165, 1.54) is 18.2 Å². The lowest BCUT2D eigenvalue weighted by atomic mass is 10.0. The van der Waals surface area contributed by atoms with E-state index >= 15 is 0 Å². The van der Waals surface area contributed by atoms with Crippen LogP contribution in [0.5, 0.6) is 0 Å². The number of aliphatic hydroxyl groups excluding tert-OH is 1. The molecule has 0 saturated heterocycles. The molecule has 0 aliphatic rings. The van der Waals surface area contributed by atoms with Crippen LogP contribution in [-0.2, 0) is 14.4 Å². The second kappa shape index (κ2) is 6.24. The molecule has 0 fully saturated rings. The van der Waals surface area contributed by atoms with Gasteiger partial charge in [-0.1, -0.05) is 0 Å². The Morgan fingerprint density at radius 2 is 1.85 bits per heavy atom. The molecule has 0 aliphatic heterocycles. The average Bonchev–Trinajstić information content (AvgIpc) is 2.39. The first-order valence-electron chi connectivity index (χ1n) is 5.30. The molecule has 0 radical (unpaired) electrons. The van der Waals surface area contributed by atoms with Gasteiger partial charge in [-0.3, -0.25) is 14.4 Å². The van der Waals surface area contributed by atoms with Crippen molar-refractivity contribution in [3.8, 4) is 6.07 Å². The van der Waals surface area contributed by atoms with Gasteiger partial charge in [0.05, 0.1) is 6.07 Å². The number of allylic oxidation sites excluding steroid dienone is 1. The fourth-order valence-corrected chi connectivity index (χ4v) is 1.29. The van der Waals surface area contributed by atoms with Crippen LogP contribution in [0.1, 0.15) is 5.56 Å². The van der Waals surface area contributed by atoms with Crippen molar-refractivity contribution >= 4 is 23.2 Å². The number of amides is 1. The van der Waals surface area contributed by atoms with Crippen molar-refractivity contribution in [2.75, 3.05) is 0 Å². The summed E-state index contributed by atoms with van der Waals surface area (Å²) in [7, 11) is 0. The van der Waals surface area contributed by atoms with Crippen LogP contribution in [-0.4, -0.2) is 22.6 Å². The number of Topliss-reactive ketones (excluding diaryl/α,β-unsaturated/α-hetero) is 1. The summed E-state index contributed by atoms with van der Waals surface area (Å²) in [5, 5.41) is 18.1. The normalized spacial score (nSPS) is 12.3. The molecule has 0 heterocycles. The summed E-state index contributed by atoms with van der Waals surface area (Å²) in [5.74, 6) is -6.88. The van der Waals surface area contributed by atoms with Crippen LogP contribution in [0.15, 0.2) is 30.3 Å². The lowest BCUT2D eigenvalue weighted by Gasteiger charge is -2.02. The number of hydrogen-bond acceptors (Lipinski definition) is 5. The molecule has 20 heavy (non-hydrogen) atoms. The summed E-state index contributed by atoms with van der Waals surface area (Å²) in [6.45, 7) is 0. The minimum atomic E-state index is -1.90. The molecule has 0 aliphatic carbocycles. The minimum absolute atomic E-state index is 0.0973. The number of carbonyl (C=O) groups is 3. The highest BCUT2D eigenvalue weighted by Gasteiger charge is 2.29.